The average molecular weight is 223 g/mol. The fourth-order valence-corrected chi connectivity index (χ4v) is 2.62. The number of thioether (sulfide) groups is 1. The monoisotopic (exact) mass is 223 g/mol. The second-order valence-electron chi connectivity index (χ2n) is 3.71. The normalized spacial score (nSPS) is 19.1. The van der Waals surface area contributed by atoms with Gasteiger partial charge >= 0.3 is 5.97 Å². The molecule has 3 nitrogen and oxygen atoms in total. The van der Waals surface area contributed by atoms with Gasteiger partial charge < -0.3 is 10.4 Å². The van der Waals surface area contributed by atoms with Crippen LogP contribution < -0.4 is 5.32 Å². The van der Waals surface area contributed by atoms with Crippen molar-refractivity contribution in [3.05, 3.63) is 23.8 Å². The zero-order valence-corrected chi connectivity index (χ0v) is 9.30. The number of hydrogen-bond donors (Lipinski definition) is 2. The van der Waals surface area contributed by atoms with Crippen molar-refractivity contribution >= 4 is 23.4 Å². The van der Waals surface area contributed by atoms with E-state index in [0.29, 0.717) is 5.25 Å². The van der Waals surface area contributed by atoms with Crippen LogP contribution in [0.15, 0.2) is 23.1 Å². The van der Waals surface area contributed by atoms with Crippen LogP contribution in [-0.4, -0.2) is 22.9 Å². The fourth-order valence-electron chi connectivity index (χ4n) is 1.61. The minimum absolute atomic E-state index is 0.0924. The predicted octanol–water partition coefficient (Wildman–Crippen LogP) is 2.22. The maximum atomic E-state index is 10.6. The number of anilines is 1. The highest BCUT2D eigenvalue weighted by molar-refractivity contribution is 8.00. The molecule has 1 aromatic carbocycles. The molecule has 80 valence electrons. The van der Waals surface area contributed by atoms with Crippen molar-refractivity contribution in [1.82, 2.24) is 0 Å². The number of carbonyl (C=O) groups is 1. The van der Waals surface area contributed by atoms with Gasteiger partial charge in [-0.25, -0.2) is 0 Å². The summed E-state index contributed by atoms with van der Waals surface area (Å²) in [5.41, 5.74) is 1.92. The van der Waals surface area contributed by atoms with E-state index in [4.69, 9.17) is 5.11 Å². The van der Waals surface area contributed by atoms with E-state index < -0.39 is 5.97 Å². The van der Waals surface area contributed by atoms with E-state index in [9.17, 15) is 4.79 Å². The molecule has 0 saturated heterocycles. The number of aliphatic carboxylic acids is 1. The van der Waals surface area contributed by atoms with Crippen LogP contribution in [0.5, 0.6) is 0 Å². The summed E-state index contributed by atoms with van der Waals surface area (Å²) >= 11 is 1.83. The smallest absolute Gasteiger partial charge is 0.307 e. The first-order chi connectivity index (χ1) is 7.15. The van der Waals surface area contributed by atoms with Crippen LogP contribution in [0.25, 0.3) is 0 Å². The first-order valence-electron chi connectivity index (χ1n) is 4.90. The van der Waals surface area contributed by atoms with Crippen LogP contribution in [-0.2, 0) is 11.2 Å². The number of hydrogen-bond acceptors (Lipinski definition) is 3. The molecule has 1 aromatic rings. The molecule has 15 heavy (non-hydrogen) atoms. The molecule has 0 aliphatic carbocycles. The maximum absolute atomic E-state index is 10.6. The van der Waals surface area contributed by atoms with Crippen molar-refractivity contribution in [2.24, 2.45) is 0 Å². The third-order valence-electron chi connectivity index (χ3n) is 2.31. The molecule has 2 rings (SSSR count). The van der Waals surface area contributed by atoms with E-state index in [1.54, 1.807) is 0 Å². The quantitative estimate of drug-likeness (QED) is 0.807. The Morgan fingerprint density at radius 2 is 2.47 bits per heavy atom. The summed E-state index contributed by atoms with van der Waals surface area (Å²) in [7, 11) is 0. The lowest BCUT2D eigenvalue weighted by Gasteiger charge is -2.23. The standard InChI is InChI=1S/C11H13NO2S/c1-7-6-12-9-4-8(5-11(13)14)2-3-10(9)15-7/h2-4,7,12H,5-6H2,1H3,(H,13,14). The number of carboxylic acids is 1. The third kappa shape index (κ3) is 2.45. The number of benzene rings is 1. The highest BCUT2D eigenvalue weighted by Gasteiger charge is 2.15. The Bertz CT molecular complexity index is 392. The Kier molecular flexibility index (Phi) is 2.86. The highest BCUT2D eigenvalue weighted by Crippen LogP contribution is 2.35. The molecule has 2 N–H and O–H groups in total. The fraction of sp³-hybridized carbons (Fsp3) is 0.364. The predicted molar refractivity (Wildman–Crippen MR) is 61.6 cm³/mol. The summed E-state index contributed by atoms with van der Waals surface area (Å²) in [6, 6.07) is 5.82. The summed E-state index contributed by atoms with van der Waals surface area (Å²) in [5, 5.41) is 12.6. The molecule has 1 atom stereocenters. The Balaban J connectivity index is 2.23. The van der Waals surface area contributed by atoms with Crippen molar-refractivity contribution < 1.29 is 9.90 Å². The summed E-state index contributed by atoms with van der Waals surface area (Å²) in [6.45, 7) is 3.11. The second-order valence-corrected chi connectivity index (χ2v) is 5.19. The van der Waals surface area contributed by atoms with E-state index in [0.717, 1.165) is 17.8 Å². The largest absolute Gasteiger partial charge is 0.481 e. The third-order valence-corrected chi connectivity index (χ3v) is 3.49. The summed E-state index contributed by atoms with van der Waals surface area (Å²) < 4.78 is 0. The Labute approximate surface area is 92.9 Å². The first kappa shape index (κ1) is 10.4. The first-order valence-corrected chi connectivity index (χ1v) is 5.78. The zero-order chi connectivity index (χ0) is 10.8. The highest BCUT2D eigenvalue weighted by atomic mass is 32.2. The molecule has 0 fully saturated rings. The SMILES string of the molecule is CC1CNc2cc(CC(=O)O)ccc2S1. The molecule has 0 spiro atoms. The van der Waals surface area contributed by atoms with Crippen molar-refractivity contribution in [2.45, 2.75) is 23.5 Å². The lowest BCUT2D eigenvalue weighted by Crippen LogP contribution is -2.18. The molecule has 1 unspecified atom stereocenters. The Morgan fingerprint density at radius 1 is 1.67 bits per heavy atom. The molecule has 0 radical (unpaired) electrons. The molecule has 0 amide bonds. The molecule has 1 heterocycles. The molecular weight excluding hydrogens is 210 g/mol. The van der Waals surface area contributed by atoms with Crippen LogP contribution in [0.3, 0.4) is 0 Å². The molecule has 1 aliphatic rings. The molecule has 0 bridgehead atoms. The Morgan fingerprint density at radius 3 is 3.20 bits per heavy atom. The summed E-state index contributed by atoms with van der Waals surface area (Å²) in [4.78, 5) is 11.8. The van der Waals surface area contributed by atoms with Crippen LogP contribution in [0.4, 0.5) is 5.69 Å². The van der Waals surface area contributed by atoms with Gasteiger partial charge in [-0.3, -0.25) is 4.79 Å². The molecule has 1 aliphatic heterocycles. The second kappa shape index (κ2) is 4.14. The zero-order valence-electron chi connectivity index (χ0n) is 8.49. The van der Waals surface area contributed by atoms with E-state index in [2.05, 4.69) is 12.2 Å². The minimum atomic E-state index is -0.785. The van der Waals surface area contributed by atoms with Crippen LogP contribution in [0, 0.1) is 0 Å². The molecular formula is C11H13NO2S. The van der Waals surface area contributed by atoms with Gasteiger partial charge in [0, 0.05) is 22.4 Å². The minimum Gasteiger partial charge on any atom is -0.481 e. The lowest BCUT2D eigenvalue weighted by atomic mass is 10.1. The van der Waals surface area contributed by atoms with Crippen molar-refractivity contribution in [3.63, 3.8) is 0 Å². The van der Waals surface area contributed by atoms with Crippen LogP contribution in [0.2, 0.25) is 0 Å². The van der Waals surface area contributed by atoms with Gasteiger partial charge in [0.15, 0.2) is 0 Å². The number of fused-ring (bicyclic) bond motifs is 1. The van der Waals surface area contributed by atoms with Crippen molar-refractivity contribution in [3.8, 4) is 0 Å². The van der Waals surface area contributed by atoms with E-state index >= 15 is 0 Å². The van der Waals surface area contributed by atoms with Crippen molar-refractivity contribution in [1.29, 1.82) is 0 Å². The lowest BCUT2D eigenvalue weighted by molar-refractivity contribution is -0.136. The van der Waals surface area contributed by atoms with E-state index in [1.807, 2.05) is 30.0 Å². The summed E-state index contributed by atoms with van der Waals surface area (Å²) in [5.74, 6) is -0.785. The molecule has 0 saturated carbocycles. The molecule has 4 heteroatoms. The van der Waals surface area contributed by atoms with Gasteiger partial charge in [-0.2, -0.15) is 0 Å². The van der Waals surface area contributed by atoms with Gasteiger partial charge in [0.1, 0.15) is 0 Å². The number of rotatable bonds is 2. The van der Waals surface area contributed by atoms with Gasteiger partial charge in [0.2, 0.25) is 0 Å². The number of carboxylic acid groups (broad SMARTS) is 1. The van der Waals surface area contributed by atoms with Crippen LogP contribution in [0.1, 0.15) is 12.5 Å². The Hall–Kier alpha value is -1.16. The maximum Gasteiger partial charge on any atom is 0.307 e. The van der Waals surface area contributed by atoms with Gasteiger partial charge in [0.05, 0.1) is 6.42 Å². The van der Waals surface area contributed by atoms with Gasteiger partial charge in [-0.05, 0) is 17.7 Å². The molecule has 0 aromatic heterocycles. The number of nitrogens with one attached hydrogen (secondary N) is 1. The van der Waals surface area contributed by atoms with Crippen LogP contribution >= 0.6 is 11.8 Å². The topological polar surface area (TPSA) is 49.3 Å². The van der Waals surface area contributed by atoms with E-state index in [-0.39, 0.29) is 6.42 Å². The summed E-state index contributed by atoms with van der Waals surface area (Å²) in [6.07, 6.45) is 0.0924. The van der Waals surface area contributed by atoms with E-state index in [1.165, 1.54) is 4.90 Å². The van der Waals surface area contributed by atoms with Crippen molar-refractivity contribution in [2.75, 3.05) is 11.9 Å². The van der Waals surface area contributed by atoms with Gasteiger partial charge in [0.25, 0.3) is 0 Å². The van der Waals surface area contributed by atoms with Gasteiger partial charge in [-0.15, -0.1) is 11.8 Å². The van der Waals surface area contributed by atoms with Gasteiger partial charge in [-0.1, -0.05) is 13.0 Å². The average Bonchev–Trinajstić information content (AvgIpc) is 2.17.